The maximum atomic E-state index is 7.31. The average molecular weight is 181 g/mol. The fraction of sp³-hybridized carbons (Fsp3) is 0.917. The van der Waals surface area contributed by atoms with Gasteiger partial charge in [-0.15, -0.1) is 0 Å². The first kappa shape index (κ1) is 11.0. The zero-order valence-electron chi connectivity index (χ0n) is 8.73. The van der Waals surface area contributed by atoms with Crippen molar-refractivity contribution in [3.05, 3.63) is 6.92 Å². The van der Waals surface area contributed by atoms with Crippen LogP contribution in [0, 0.1) is 18.8 Å². The summed E-state index contributed by atoms with van der Waals surface area (Å²) in [4.78, 5) is 0. The van der Waals surface area contributed by atoms with Crippen molar-refractivity contribution in [2.24, 2.45) is 11.8 Å². The summed E-state index contributed by atoms with van der Waals surface area (Å²) in [5.41, 5.74) is 7.31. The smallest absolute Gasteiger partial charge is 0.0102 e. The van der Waals surface area contributed by atoms with E-state index in [9.17, 15) is 0 Å². The van der Waals surface area contributed by atoms with Crippen molar-refractivity contribution >= 4 is 0 Å². The molecule has 1 rings (SSSR count). The molecule has 0 aliphatic heterocycles. The highest BCUT2D eigenvalue weighted by Gasteiger charge is 2.21. The zero-order valence-corrected chi connectivity index (χ0v) is 8.73. The van der Waals surface area contributed by atoms with Crippen LogP contribution in [0.15, 0.2) is 0 Å². The van der Waals surface area contributed by atoms with Crippen LogP contribution in [0.25, 0.3) is 0 Å². The molecule has 1 N–H and O–H groups in total. The molecule has 0 aromatic heterocycles. The van der Waals surface area contributed by atoms with Crippen molar-refractivity contribution in [2.75, 3.05) is 6.54 Å². The van der Waals surface area contributed by atoms with Crippen molar-refractivity contribution in [1.29, 1.82) is 0 Å². The fourth-order valence-corrected chi connectivity index (χ4v) is 2.67. The largest absolute Gasteiger partial charge is 0.258 e. The van der Waals surface area contributed by atoms with E-state index in [0.29, 0.717) is 6.54 Å². The average Bonchev–Trinajstić information content (AvgIpc) is 2.19. The summed E-state index contributed by atoms with van der Waals surface area (Å²) in [7, 11) is 0. The molecule has 1 nitrogen and oxygen atoms in total. The Hall–Kier alpha value is -0.0400. The normalized spacial score (nSPS) is 21.7. The summed E-state index contributed by atoms with van der Waals surface area (Å²) in [6, 6.07) is 0. The molecule has 0 bridgehead atoms. The van der Waals surface area contributed by atoms with Gasteiger partial charge in [-0.2, -0.15) is 0 Å². The van der Waals surface area contributed by atoms with Gasteiger partial charge >= 0.3 is 0 Å². The van der Waals surface area contributed by atoms with Gasteiger partial charge in [0.1, 0.15) is 0 Å². The Balaban J connectivity index is 2.32. The van der Waals surface area contributed by atoms with Crippen LogP contribution < -0.4 is 5.73 Å². The molecule has 13 heavy (non-hydrogen) atoms. The van der Waals surface area contributed by atoms with Crippen molar-refractivity contribution in [3.8, 4) is 0 Å². The molecule has 1 unspecified atom stereocenters. The second kappa shape index (κ2) is 6.42. The third kappa shape index (κ3) is 3.68. The van der Waals surface area contributed by atoms with Crippen LogP contribution in [0.4, 0.5) is 0 Å². The van der Waals surface area contributed by atoms with Gasteiger partial charge in [-0.1, -0.05) is 51.9 Å². The predicted molar refractivity (Wildman–Crippen MR) is 57.2 cm³/mol. The Labute approximate surface area is 83.1 Å². The Morgan fingerprint density at radius 2 is 1.85 bits per heavy atom. The van der Waals surface area contributed by atoms with E-state index in [4.69, 9.17) is 5.73 Å². The minimum Gasteiger partial charge on any atom is -0.258 e. The van der Waals surface area contributed by atoms with Crippen molar-refractivity contribution in [1.82, 2.24) is 5.73 Å². The lowest BCUT2D eigenvalue weighted by Crippen LogP contribution is -2.19. The summed E-state index contributed by atoms with van der Waals surface area (Å²) < 4.78 is 0. The lowest BCUT2D eigenvalue weighted by molar-refractivity contribution is 0.227. The van der Waals surface area contributed by atoms with Gasteiger partial charge in [-0.3, -0.25) is 5.73 Å². The molecule has 0 amide bonds. The van der Waals surface area contributed by atoms with E-state index in [1.165, 1.54) is 38.5 Å². The number of rotatable bonds is 5. The van der Waals surface area contributed by atoms with Crippen LogP contribution in [-0.4, -0.2) is 6.54 Å². The summed E-state index contributed by atoms with van der Waals surface area (Å²) in [5, 5.41) is 0. The van der Waals surface area contributed by atoms with E-state index in [0.717, 1.165) is 24.7 Å². The minimum atomic E-state index is 0.612. The van der Waals surface area contributed by atoms with Crippen LogP contribution in [0.2, 0.25) is 0 Å². The van der Waals surface area contributed by atoms with Crippen molar-refractivity contribution in [3.63, 3.8) is 0 Å². The molecular formula is C12H23N. The molecule has 1 saturated carbocycles. The minimum absolute atomic E-state index is 0.612. The Kier molecular flexibility index (Phi) is 5.45. The topological polar surface area (TPSA) is 23.8 Å². The molecule has 1 aliphatic rings. The Bertz CT molecular complexity index is 110. The summed E-state index contributed by atoms with van der Waals surface area (Å²) >= 11 is 0. The summed E-state index contributed by atoms with van der Waals surface area (Å²) in [6.07, 6.45) is 10.6. The van der Waals surface area contributed by atoms with Crippen LogP contribution in [0.5, 0.6) is 0 Å². The highest BCUT2D eigenvalue weighted by atomic mass is 14.5. The summed E-state index contributed by atoms with van der Waals surface area (Å²) in [6.45, 7) is 4.55. The van der Waals surface area contributed by atoms with E-state index < -0.39 is 0 Å². The van der Waals surface area contributed by atoms with Gasteiger partial charge in [0.25, 0.3) is 0 Å². The van der Waals surface area contributed by atoms with E-state index in [1.807, 2.05) is 0 Å². The maximum Gasteiger partial charge on any atom is 0.0102 e. The van der Waals surface area contributed by atoms with E-state index >= 15 is 0 Å². The molecule has 0 aromatic carbocycles. The number of hydrogen-bond acceptors (Lipinski definition) is 0. The van der Waals surface area contributed by atoms with E-state index in [-0.39, 0.29) is 0 Å². The van der Waals surface area contributed by atoms with Gasteiger partial charge in [0.2, 0.25) is 0 Å². The zero-order chi connectivity index (χ0) is 9.52. The van der Waals surface area contributed by atoms with Crippen LogP contribution in [0.1, 0.15) is 51.4 Å². The first-order chi connectivity index (χ1) is 6.38. The molecule has 1 fully saturated rings. The Morgan fingerprint density at radius 3 is 2.38 bits per heavy atom. The van der Waals surface area contributed by atoms with Gasteiger partial charge < -0.3 is 0 Å². The van der Waals surface area contributed by atoms with Crippen LogP contribution in [-0.2, 0) is 0 Å². The van der Waals surface area contributed by atoms with Crippen LogP contribution >= 0.6 is 0 Å². The highest BCUT2D eigenvalue weighted by molar-refractivity contribution is 4.74. The maximum absolute atomic E-state index is 7.31. The van der Waals surface area contributed by atoms with Gasteiger partial charge in [0, 0.05) is 6.54 Å². The molecule has 1 heteroatoms. The fourth-order valence-electron chi connectivity index (χ4n) is 2.67. The third-order valence-corrected chi connectivity index (χ3v) is 3.41. The molecule has 76 valence electrons. The molecule has 0 spiro atoms. The van der Waals surface area contributed by atoms with E-state index in [1.54, 1.807) is 0 Å². The molecule has 1 atom stereocenters. The third-order valence-electron chi connectivity index (χ3n) is 3.41. The van der Waals surface area contributed by atoms with Gasteiger partial charge in [0.05, 0.1) is 0 Å². The molecular weight excluding hydrogens is 158 g/mol. The van der Waals surface area contributed by atoms with Crippen molar-refractivity contribution in [2.45, 2.75) is 51.4 Å². The quantitative estimate of drug-likeness (QED) is 0.620. The van der Waals surface area contributed by atoms with Gasteiger partial charge in [0.15, 0.2) is 0 Å². The SMILES string of the molecule is [CH2]CCC(CC[NH])C1CCCCC1. The Morgan fingerprint density at radius 1 is 1.15 bits per heavy atom. The monoisotopic (exact) mass is 181 g/mol. The molecule has 1 aliphatic carbocycles. The highest BCUT2D eigenvalue weighted by Crippen LogP contribution is 2.33. The molecule has 0 saturated heterocycles. The predicted octanol–water partition coefficient (Wildman–Crippen LogP) is 3.47. The van der Waals surface area contributed by atoms with Gasteiger partial charge in [-0.25, -0.2) is 0 Å². The lowest BCUT2D eigenvalue weighted by atomic mass is 9.77. The standard InChI is InChI=1S/C12H23N/c1-2-6-11(9-10-13)12-7-4-3-5-8-12/h11-13H,1-10H2. The molecule has 0 aromatic rings. The lowest BCUT2D eigenvalue weighted by Gasteiger charge is -2.29. The molecule has 2 radical (unpaired) electrons. The second-order valence-corrected chi connectivity index (χ2v) is 4.34. The first-order valence-corrected chi connectivity index (χ1v) is 5.82. The second-order valence-electron chi connectivity index (χ2n) is 4.34. The van der Waals surface area contributed by atoms with Gasteiger partial charge in [-0.05, 0) is 18.3 Å². The first-order valence-electron chi connectivity index (χ1n) is 5.82. The van der Waals surface area contributed by atoms with E-state index in [2.05, 4.69) is 6.92 Å². The number of nitrogens with one attached hydrogen (secondary N) is 1. The van der Waals surface area contributed by atoms with Crippen molar-refractivity contribution < 1.29 is 0 Å². The van der Waals surface area contributed by atoms with Crippen LogP contribution in [0.3, 0.4) is 0 Å². The summed E-state index contributed by atoms with van der Waals surface area (Å²) in [5.74, 6) is 1.75. The number of hydrogen-bond donors (Lipinski definition) is 0. The molecule has 0 heterocycles.